The number of hydrogen-bond donors (Lipinski definition) is 5. The lowest BCUT2D eigenvalue weighted by Crippen LogP contribution is -2.53. The molecule has 0 aromatic rings. The van der Waals surface area contributed by atoms with Gasteiger partial charge in [0.2, 0.25) is 5.91 Å². The third kappa shape index (κ3) is 38.3. The predicted octanol–water partition coefficient (Wildman–Crippen LogP) is 13.5. The van der Waals surface area contributed by atoms with Crippen molar-refractivity contribution in [2.75, 3.05) is 6.61 Å². The fourth-order valence-electron chi connectivity index (χ4n) is 7.73. The molecule has 4 atom stereocenters. The molecule has 0 aliphatic rings. The van der Waals surface area contributed by atoms with E-state index in [1.165, 1.54) is 180 Å². The molecule has 0 radical (unpaired) electrons. The minimum absolute atomic E-state index is 0.370. The van der Waals surface area contributed by atoms with E-state index in [0.29, 0.717) is 12.8 Å². The predicted molar refractivity (Wildman–Crippen MR) is 242 cm³/mol. The maximum Gasteiger partial charge on any atom is 0.249 e. The van der Waals surface area contributed by atoms with Crippen LogP contribution in [0.1, 0.15) is 258 Å². The molecule has 0 saturated carbocycles. The zero-order valence-electron chi connectivity index (χ0n) is 37.4. The van der Waals surface area contributed by atoms with Crippen molar-refractivity contribution < 1.29 is 25.2 Å². The quantitative estimate of drug-likeness (QED) is 0.0312. The summed E-state index contributed by atoms with van der Waals surface area (Å²) in [4.78, 5) is 12.4. The zero-order chi connectivity index (χ0) is 41.0. The van der Waals surface area contributed by atoms with Gasteiger partial charge in [-0.2, -0.15) is 0 Å². The Bertz CT molecular complexity index is 847. The van der Waals surface area contributed by atoms with Gasteiger partial charge in [-0.3, -0.25) is 4.79 Å². The summed E-state index contributed by atoms with van der Waals surface area (Å²) in [5.41, 5.74) is 0. The van der Waals surface area contributed by atoms with E-state index >= 15 is 0 Å². The van der Waals surface area contributed by atoms with Crippen molar-refractivity contribution in [1.82, 2.24) is 5.32 Å². The van der Waals surface area contributed by atoms with Crippen LogP contribution in [-0.2, 0) is 4.79 Å². The summed E-state index contributed by atoms with van der Waals surface area (Å²) < 4.78 is 0. The molecule has 6 heteroatoms. The highest BCUT2D eigenvalue weighted by molar-refractivity contribution is 5.80. The maximum absolute atomic E-state index is 12.4. The molecule has 0 aliphatic heterocycles. The molecule has 0 bridgehead atoms. The summed E-state index contributed by atoms with van der Waals surface area (Å²) in [6.45, 7) is 3.92. The Kier molecular flexibility index (Phi) is 43.9. The highest BCUT2D eigenvalue weighted by Crippen LogP contribution is 2.17. The molecule has 0 aromatic carbocycles. The Balaban J connectivity index is 3.44. The van der Waals surface area contributed by atoms with Crippen molar-refractivity contribution >= 4 is 5.91 Å². The molecule has 0 spiro atoms. The third-order valence-corrected chi connectivity index (χ3v) is 11.7. The number of aliphatic hydroxyl groups excluding tert-OH is 4. The van der Waals surface area contributed by atoms with E-state index < -0.39 is 36.9 Å². The zero-order valence-corrected chi connectivity index (χ0v) is 37.4. The lowest BCUT2D eigenvalue weighted by Gasteiger charge is -2.27. The van der Waals surface area contributed by atoms with E-state index in [9.17, 15) is 25.2 Å². The van der Waals surface area contributed by atoms with Crippen molar-refractivity contribution in [1.29, 1.82) is 0 Å². The van der Waals surface area contributed by atoms with Gasteiger partial charge in [0.15, 0.2) is 0 Å². The lowest BCUT2D eigenvalue weighted by atomic mass is 9.99. The molecule has 1 amide bonds. The summed E-state index contributed by atoms with van der Waals surface area (Å²) in [6.07, 6.45) is 53.3. The minimum atomic E-state index is -1.25. The second-order valence-electron chi connectivity index (χ2n) is 17.2. The number of rotatable bonds is 45. The van der Waals surface area contributed by atoms with Crippen LogP contribution in [0.15, 0.2) is 24.3 Å². The fourth-order valence-corrected chi connectivity index (χ4v) is 7.73. The van der Waals surface area contributed by atoms with Gasteiger partial charge >= 0.3 is 0 Å². The highest BCUT2D eigenvalue weighted by atomic mass is 16.3. The SMILES string of the molecule is CCCCCCCCCCCCCCC/C=C\C/C=C\CCCCCCCCCCCCCCCCCCC(O)C(=O)NC(CO)C(O)C(O)CCCCCC. The van der Waals surface area contributed by atoms with Gasteiger partial charge in [0, 0.05) is 0 Å². The Morgan fingerprint density at radius 3 is 1.14 bits per heavy atom. The van der Waals surface area contributed by atoms with E-state index in [1.54, 1.807) is 0 Å². The first-order valence-electron chi connectivity index (χ1n) is 24.7. The van der Waals surface area contributed by atoms with E-state index in [1.807, 2.05) is 0 Å². The van der Waals surface area contributed by atoms with E-state index in [0.717, 1.165) is 51.4 Å². The van der Waals surface area contributed by atoms with Crippen molar-refractivity contribution in [3.8, 4) is 0 Å². The standard InChI is InChI=1S/C50H97NO5/c1-3-5-7-9-10-11-12-13-14-15-16-17-18-19-20-21-22-23-24-25-26-27-28-29-30-31-32-33-34-35-36-37-38-39-40-42-44-48(54)50(56)51-46(45-52)49(55)47(53)43-41-8-6-4-2/h20-21,23-24,46-49,52-55H,3-19,22,25-45H2,1-2H3,(H,51,56)/b21-20-,24-23-. The van der Waals surface area contributed by atoms with Gasteiger partial charge < -0.3 is 25.7 Å². The summed E-state index contributed by atoms with van der Waals surface area (Å²) in [5.74, 6) is -0.589. The van der Waals surface area contributed by atoms with Gasteiger partial charge in [0.25, 0.3) is 0 Å². The second-order valence-corrected chi connectivity index (χ2v) is 17.2. The average molecular weight is 792 g/mol. The molecule has 6 nitrogen and oxygen atoms in total. The van der Waals surface area contributed by atoms with Crippen LogP contribution < -0.4 is 5.32 Å². The second kappa shape index (κ2) is 44.9. The molecule has 4 unspecified atom stereocenters. The molecule has 0 heterocycles. The van der Waals surface area contributed by atoms with Crippen LogP contribution in [0.5, 0.6) is 0 Å². The fraction of sp³-hybridized carbons (Fsp3) is 0.900. The van der Waals surface area contributed by atoms with Crippen molar-refractivity contribution in [3.63, 3.8) is 0 Å². The average Bonchev–Trinajstić information content (AvgIpc) is 3.20. The molecule has 5 N–H and O–H groups in total. The molecule has 0 fully saturated rings. The van der Waals surface area contributed by atoms with Crippen LogP contribution in [-0.4, -0.2) is 57.3 Å². The van der Waals surface area contributed by atoms with E-state index in [4.69, 9.17) is 0 Å². The summed E-state index contributed by atoms with van der Waals surface area (Å²) in [5, 5.41) is 43.0. The van der Waals surface area contributed by atoms with E-state index in [-0.39, 0.29) is 0 Å². The van der Waals surface area contributed by atoms with Crippen LogP contribution >= 0.6 is 0 Å². The number of carbonyl (C=O) groups excluding carboxylic acids is 1. The largest absolute Gasteiger partial charge is 0.394 e. The minimum Gasteiger partial charge on any atom is -0.394 e. The number of allylic oxidation sites excluding steroid dienone is 4. The molecule has 0 aromatic heterocycles. The van der Waals surface area contributed by atoms with Gasteiger partial charge in [0.05, 0.1) is 18.8 Å². The first-order chi connectivity index (χ1) is 27.5. The Morgan fingerprint density at radius 1 is 0.446 bits per heavy atom. The highest BCUT2D eigenvalue weighted by Gasteiger charge is 2.28. The molecular weight excluding hydrogens is 695 g/mol. The van der Waals surface area contributed by atoms with Gasteiger partial charge in [-0.25, -0.2) is 0 Å². The summed E-state index contributed by atoms with van der Waals surface area (Å²) >= 11 is 0. The summed E-state index contributed by atoms with van der Waals surface area (Å²) in [6, 6.07) is -0.979. The molecule has 0 aliphatic carbocycles. The van der Waals surface area contributed by atoms with Crippen LogP contribution in [0.3, 0.4) is 0 Å². The number of aliphatic hydroxyl groups is 4. The van der Waals surface area contributed by atoms with Crippen molar-refractivity contribution in [2.24, 2.45) is 0 Å². The smallest absolute Gasteiger partial charge is 0.249 e. The molecule has 0 saturated heterocycles. The first-order valence-corrected chi connectivity index (χ1v) is 24.7. The maximum atomic E-state index is 12.4. The molecule has 0 rings (SSSR count). The third-order valence-electron chi connectivity index (χ3n) is 11.7. The van der Waals surface area contributed by atoms with Crippen LogP contribution in [0.2, 0.25) is 0 Å². The Labute approximate surface area is 348 Å². The number of unbranched alkanes of at least 4 members (excludes halogenated alkanes) is 32. The van der Waals surface area contributed by atoms with Gasteiger partial charge in [0.1, 0.15) is 12.2 Å². The van der Waals surface area contributed by atoms with Crippen molar-refractivity contribution in [2.45, 2.75) is 282 Å². The molecular formula is C50H97NO5. The Morgan fingerprint density at radius 2 is 0.768 bits per heavy atom. The number of carbonyl (C=O) groups is 1. The van der Waals surface area contributed by atoms with Gasteiger partial charge in [-0.15, -0.1) is 0 Å². The number of amides is 1. The van der Waals surface area contributed by atoms with Crippen LogP contribution in [0.25, 0.3) is 0 Å². The molecule has 332 valence electrons. The number of nitrogens with one attached hydrogen (secondary N) is 1. The topological polar surface area (TPSA) is 110 Å². The van der Waals surface area contributed by atoms with Crippen LogP contribution in [0.4, 0.5) is 0 Å². The molecule has 56 heavy (non-hydrogen) atoms. The monoisotopic (exact) mass is 792 g/mol. The normalized spacial score (nSPS) is 14.2. The van der Waals surface area contributed by atoms with E-state index in [2.05, 4.69) is 43.5 Å². The Hall–Kier alpha value is -1.21. The number of hydrogen-bond acceptors (Lipinski definition) is 5. The summed E-state index contributed by atoms with van der Waals surface area (Å²) in [7, 11) is 0. The van der Waals surface area contributed by atoms with Crippen LogP contribution in [0, 0.1) is 0 Å². The lowest BCUT2D eigenvalue weighted by molar-refractivity contribution is -0.132. The first kappa shape index (κ1) is 54.8. The van der Waals surface area contributed by atoms with Gasteiger partial charge in [-0.05, 0) is 44.9 Å². The van der Waals surface area contributed by atoms with Gasteiger partial charge in [-0.1, -0.05) is 237 Å². The van der Waals surface area contributed by atoms with Crippen molar-refractivity contribution in [3.05, 3.63) is 24.3 Å².